The van der Waals surface area contributed by atoms with Crippen LogP contribution in [-0.4, -0.2) is 24.6 Å². The average molecular weight is 583 g/mol. The summed E-state index contributed by atoms with van der Waals surface area (Å²) in [5.41, 5.74) is 16.2. The van der Waals surface area contributed by atoms with Gasteiger partial charge in [0.05, 0.1) is 6.16 Å². The Bertz CT molecular complexity index is 974. The molecular formula is C30H41BrN5P. The van der Waals surface area contributed by atoms with Gasteiger partial charge in [-0.1, -0.05) is 86.7 Å². The van der Waals surface area contributed by atoms with Crippen LogP contribution in [0.2, 0.25) is 0 Å². The number of nitrogens with zero attached hydrogens (tertiary/aromatic N) is 2. The molecule has 0 amide bonds. The molecule has 6 N–H and O–H groups in total. The van der Waals surface area contributed by atoms with E-state index in [0.29, 0.717) is 6.54 Å². The normalized spacial score (nSPS) is 11.5. The molecule has 0 heterocycles. The number of nitrogens with two attached hydrogens (primary N) is 3. The standard InChI is InChI=1S/C30H41N5P.BrH/c31-29(32)35-30(33)34-24-16-5-3-1-2-4-6-17-25-36(26-18-10-7-11-19-26,27-20-12-8-13-21-27)28-22-14-9-15-23-28;/h7-15,18-23H,1-6,16-17,24-25H2,(H6,31,32,33,34,35);1H/q+1;/p-1. The van der Waals surface area contributed by atoms with Gasteiger partial charge in [0.15, 0.2) is 5.96 Å². The van der Waals surface area contributed by atoms with E-state index in [1.165, 1.54) is 60.6 Å². The van der Waals surface area contributed by atoms with E-state index in [2.05, 4.69) is 101 Å². The highest BCUT2D eigenvalue weighted by molar-refractivity contribution is 7.95. The molecule has 3 rings (SSSR count). The fourth-order valence-corrected chi connectivity index (χ4v) is 9.17. The zero-order valence-electron chi connectivity index (χ0n) is 21.7. The topological polar surface area (TPSA) is 103 Å². The second-order valence-electron chi connectivity index (χ2n) is 9.15. The minimum Gasteiger partial charge on any atom is -1.00 e. The molecule has 0 radical (unpaired) electrons. The van der Waals surface area contributed by atoms with Crippen molar-refractivity contribution in [1.82, 2.24) is 0 Å². The minimum absolute atomic E-state index is 0. The molecule has 0 aliphatic heterocycles. The minimum atomic E-state index is -1.69. The van der Waals surface area contributed by atoms with Gasteiger partial charge in [-0.2, -0.15) is 4.99 Å². The van der Waals surface area contributed by atoms with E-state index in [1.807, 2.05) is 0 Å². The first-order chi connectivity index (χ1) is 17.6. The van der Waals surface area contributed by atoms with Crippen LogP contribution in [0.5, 0.6) is 0 Å². The van der Waals surface area contributed by atoms with E-state index in [1.54, 1.807) is 0 Å². The fraction of sp³-hybridized carbons (Fsp3) is 0.333. The van der Waals surface area contributed by atoms with Crippen LogP contribution in [0, 0.1) is 0 Å². The van der Waals surface area contributed by atoms with Crippen molar-refractivity contribution in [1.29, 1.82) is 0 Å². The van der Waals surface area contributed by atoms with Gasteiger partial charge in [0.2, 0.25) is 5.96 Å². The molecule has 0 saturated carbocycles. The molecule has 0 spiro atoms. The van der Waals surface area contributed by atoms with Crippen molar-refractivity contribution in [2.75, 3.05) is 12.7 Å². The smallest absolute Gasteiger partial charge is 0.218 e. The highest BCUT2D eigenvalue weighted by Gasteiger charge is 2.44. The summed E-state index contributed by atoms with van der Waals surface area (Å²) in [7, 11) is -1.69. The van der Waals surface area contributed by atoms with Crippen LogP contribution < -0.4 is 50.1 Å². The van der Waals surface area contributed by atoms with Crippen LogP contribution in [0.1, 0.15) is 51.4 Å². The van der Waals surface area contributed by atoms with Crippen LogP contribution in [0.15, 0.2) is 101 Å². The van der Waals surface area contributed by atoms with E-state index in [9.17, 15) is 0 Å². The van der Waals surface area contributed by atoms with Gasteiger partial charge in [-0.25, -0.2) is 0 Å². The van der Waals surface area contributed by atoms with Gasteiger partial charge in [0.1, 0.15) is 23.2 Å². The zero-order chi connectivity index (χ0) is 25.5. The van der Waals surface area contributed by atoms with Crippen LogP contribution in [0.4, 0.5) is 0 Å². The number of aliphatic imine (C=N–C) groups is 2. The number of hydrogen-bond donors (Lipinski definition) is 3. The number of hydrogen-bond acceptors (Lipinski definition) is 1. The Morgan fingerprint density at radius 2 is 0.919 bits per heavy atom. The lowest BCUT2D eigenvalue weighted by Gasteiger charge is -2.27. The predicted octanol–water partition coefficient (Wildman–Crippen LogP) is 1.69. The van der Waals surface area contributed by atoms with E-state index in [-0.39, 0.29) is 28.9 Å². The van der Waals surface area contributed by atoms with Gasteiger partial charge in [-0.15, -0.1) is 0 Å². The molecule has 198 valence electrons. The summed E-state index contributed by atoms with van der Waals surface area (Å²) in [6.45, 7) is 0.673. The number of rotatable bonds is 14. The van der Waals surface area contributed by atoms with Crippen molar-refractivity contribution in [2.24, 2.45) is 27.2 Å². The largest absolute Gasteiger partial charge is 1.00 e. The Labute approximate surface area is 233 Å². The number of guanidine groups is 2. The molecule has 0 bridgehead atoms. The molecule has 0 aliphatic rings. The van der Waals surface area contributed by atoms with Gasteiger partial charge >= 0.3 is 0 Å². The highest BCUT2D eigenvalue weighted by atomic mass is 79.9. The first-order valence-corrected chi connectivity index (χ1v) is 15.0. The predicted molar refractivity (Wildman–Crippen MR) is 159 cm³/mol. The summed E-state index contributed by atoms with van der Waals surface area (Å²) in [4.78, 5) is 7.90. The zero-order valence-corrected chi connectivity index (χ0v) is 24.2. The number of unbranched alkanes of at least 4 members (excludes halogenated alkanes) is 7. The Morgan fingerprint density at radius 1 is 0.541 bits per heavy atom. The van der Waals surface area contributed by atoms with E-state index in [0.717, 1.165) is 12.8 Å². The van der Waals surface area contributed by atoms with Crippen molar-refractivity contribution in [3.8, 4) is 0 Å². The van der Waals surface area contributed by atoms with Gasteiger partial charge in [0, 0.05) is 6.54 Å². The van der Waals surface area contributed by atoms with Gasteiger partial charge in [-0.05, 0) is 55.7 Å². The molecule has 37 heavy (non-hydrogen) atoms. The molecule has 0 fully saturated rings. The molecule has 3 aromatic carbocycles. The molecule has 0 aromatic heterocycles. The SMILES string of the molecule is NC(N)=NC(N)=NCCCCCCCCCC[P+](c1ccccc1)(c1ccccc1)c1ccccc1.[Br-]. The lowest BCUT2D eigenvalue weighted by molar-refractivity contribution is -0.00000781. The van der Waals surface area contributed by atoms with Gasteiger partial charge in [0.25, 0.3) is 0 Å². The van der Waals surface area contributed by atoms with Crippen molar-refractivity contribution in [2.45, 2.75) is 51.4 Å². The monoisotopic (exact) mass is 581 g/mol. The Morgan fingerprint density at radius 3 is 1.32 bits per heavy atom. The molecule has 0 aliphatic carbocycles. The number of benzene rings is 3. The number of halogens is 1. The van der Waals surface area contributed by atoms with Crippen LogP contribution in [-0.2, 0) is 0 Å². The molecule has 0 unspecified atom stereocenters. The molecular weight excluding hydrogens is 541 g/mol. The van der Waals surface area contributed by atoms with Crippen LogP contribution >= 0.6 is 7.26 Å². The Kier molecular flexibility index (Phi) is 14.0. The quantitative estimate of drug-likeness (QED) is 0.117. The Hall–Kier alpha value is -2.69. The third-order valence-corrected chi connectivity index (χ3v) is 11.0. The molecule has 0 atom stereocenters. The van der Waals surface area contributed by atoms with Gasteiger partial charge in [-0.3, -0.25) is 4.99 Å². The van der Waals surface area contributed by atoms with Crippen molar-refractivity contribution in [3.05, 3.63) is 91.0 Å². The summed E-state index contributed by atoms with van der Waals surface area (Å²) < 4.78 is 0. The first-order valence-electron chi connectivity index (χ1n) is 13.1. The third kappa shape index (κ3) is 9.60. The molecule has 3 aromatic rings. The van der Waals surface area contributed by atoms with Crippen molar-refractivity contribution in [3.63, 3.8) is 0 Å². The fourth-order valence-electron chi connectivity index (χ4n) is 4.76. The third-order valence-electron chi connectivity index (χ3n) is 6.51. The van der Waals surface area contributed by atoms with E-state index >= 15 is 0 Å². The van der Waals surface area contributed by atoms with Crippen LogP contribution in [0.3, 0.4) is 0 Å². The lowest BCUT2D eigenvalue weighted by Crippen LogP contribution is -3.00. The summed E-state index contributed by atoms with van der Waals surface area (Å²) in [6.07, 6.45) is 11.0. The summed E-state index contributed by atoms with van der Waals surface area (Å²) in [6, 6.07) is 33.5. The molecule has 7 heteroatoms. The molecule has 5 nitrogen and oxygen atoms in total. The van der Waals surface area contributed by atoms with Crippen molar-refractivity contribution >= 4 is 35.1 Å². The van der Waals surface area contributed by atoms with E-state index < -0.39 is 7.26 Å². The summed E-state index contributed by atoms with van der Waals surface area (Å²) in [5.74, 6) is 0.113. The second-order valence-corrected chi connectivity index (χ2v) is 12.8. The maximum absolute atomic E-state index is 5.63. The van der Waals surface area contributed by atoms with Crippen LogP contribution in [0.25, 0.3) is 0 Å². The summed E-state index contributed by atoms with van der Waals surface area (Å²) in [5, 5.41) is 4.43. The second kappa shape index (κ2) is 16.9. The molecule has 0 saturated heterocycles. The first kappa shape index (κ1) is 30.5. The van der Waals surface area contributed by atoms with Gasteiger partial charge < -0.3 is 34.2 Å². The van der Waals surface area contributed by atoms with E-state index in [4.69, 9.17) is 17.2 Å². The maximum Gasteiger partial charge on any atom is 0.218 e. The average Bonchev–Trinajstić information content (AvgIpc) is 2.91. The Balaban J connectivity index is 0.00000481. The summed E-state index contributed by atoms with van der Waals surface area (Å²) >= 11 is 0. The van der Waals surface area contributed by atoms with Crippen molar-refractivity contribution < 1.29 is 17.0 Å². The highest BCUT2D eigenvalue weighted by Crippen LogP contribution is 2.55. The lowest BCUT2D eigenvalue weighted by atomic mass is 10.1. The maximum atomic E-state index is 5.63.